The number of hydrogen-bond donors (Lipinski definition) is 1. The zero-order valence-corrected chi connectivity index (χ0v) is 18.3. The highest BCUT2D eigenvalue weighted by molar-refractivity contribution is 5.88. The molecule has 0 heterocycles. The van der Waals surface area contributed by atoms with Gasteiger partial charge in [0.15, 0.2) is 0 Å². The van der Waals surface area contributed by atoms with Crippen molar-refractivity contribution in [2.45, 2.75) is 59.2 Å². The second-order valence-corrected chi connectivity index (χ2v) is 8.39. The molecular formula is C24H32N2O3. The molecule has 5 heteroatoms. The van der Waals surface area contributed by atoms with Crippen LogP contribution in [0, 0.1) is 6.92 Å². The van der Waals surface area contributed by atoms with Crippen LogP contribution in [0.25, 0.3) is 0 Å². The molecule has 0 saturated carbocycles. The van der Waals surface area contributed by atoms with E-state index in [0.717, 1.165) is 22.4 Å². The summed E-state index contributed by atoms with van der Waals surface area (Å²) in [6, 6.07) is 14.8. The lowest BCUT2D eigenvalue weighted by Gasteiger charge is -2.31. The summed E-state index contributed by atoms with van der Waals surface area (Å²) in [5.74, 6) is 0.515. The second-order valence-electron chi connectivity index (χ2n) is 8.39. The first kappa shape index (κ1) is 22.5. The van der Waals surface area contributed by atoms with Gasteiger partial charge in [0.25, 0.3) is 0 Å². The Morgan fingerprint density at radius 3 is 2.24 bits per heavy atom. The van der Waals surface area contributed by atoms with E-state index in [2.05, 4.69) is 5.32 Å². The van der Waals surface area contributed by atoms with Gasteiger partial charge in [-0.05, 0) is 63.4 Å². The summed E-state index contributed by atoms with van der Waals surface area (Å²) in [5.41, 5.74) is 2.62. The molecule has 0 spiro atoms. The van der Waals surface area contributed by atoms with Gasteiger partial charge in [0.1, 0.15) is 11.8 Å². The van der Waals surface area contributed by atoms with Gasteiger partial charge < -0.3 is 15.0 Å². The number of carbonyl (C=O) groups is 2. The minimum Gasteiger partial charge on any atom is -0.497 e. The summed E-state index contributed by atoms with van der Waals surface area (Å²) in [6.07, 6.45) is 0.260. The molecule has 156 valence electrons. The third kappa shape index (κ3) is 6.63. The van der Waals surface area contributed by atoms with Gasteiger partial charge in [0.2, 0.25) is 11.8 Å². The highest BCUT2D eigenvalue weighted by Gasteiger charge is 2.28. The number of hydrogen-bond acceptors (Lipinski definition) is 3. The first-order valence-electron chi connectivity index (χ1n) is 9.89. The second kappa shape index (κ2) is 9.59. The van der Waals surface area contributed by atoms with Gasteiger partial charge in [-0.3, -0.25) is 9.59 Å². The molecule has 0 aliphatic rings. The first-order valence-corrected chi connectivity index (χ1v) is 9.89. The quantitative estimate of drug-likeness (QED) is 0.773. The average Bonchev–Trinajstić information content (AvgIpc) is 2.66. The van der Waals surface area contributed by atoms with Gasteiger partial charge in [-0.1, -0.05) is 36.4 Å². The molecule has 0 bridgehead atoms. The number of ether oxygens (including phenoxy) is 1. The molecule has 2 amide bonds. The number of methoxy groups -OCH3 is 1. The fraction of sp³-hybridized carbons (Fsp3) is 0.417. The summed E-state index contributed by atoms with van der Waals surface area (Å²) in [4.78, 5) is 27.7. The zero-order chi connectivity index (χ0) is 21.6. The van der Waals surface area contributed by atoms with Crippen molar-refractivity contribution in [2.75, 3.05) is 7.11 Å². The summed E-state index contributed by atoms with van der Waals surface area (Å²) in [7, 11) is 1.62. The Morgan fingerprint density at radius 1 is 1.07 bits per heavy atom. The Labute approximate surface area is 174 Å². The zero-order valence-electron chi connectivity index (χ0n) is 18.3. The Hall–Kier alpha value is -2.82. The highest BCUT2D eigenvalue weighted by Crippen LogP contribution is 2.17. The predicted molar refractivity (Wildman–Crippen MR) is 116 cm³/mol. The fourth-order valence-electron chi connectivity index (χ4n) is 3.06. The van der Waals surface area contributed by atoms with E-state index in [4.69, 9.17) is 4.74 Å². The van der Waals surface area contributed by atoms with Crippen molar-refractivity contribution in [2.24, 2.45) is 0 Å². The van der Waals surface area contributed by atoms with Crippen LogP contribution in [0.15, 0.2) is 48.5 Å². The third-order valence-corrected chi connectivity index (χ3v) is 4.78. The lowest BCUT2D eigenvalue weighted by atomic mass is 10.0. The molecule has 0 saturated heterocycles. The molecule has 29 heavy (non-hydrogen) atoms. The first-order chi connectivity index (χ1) is 13.6. The Kier molecular flexibility index (Phi) is 7.43. The van der Waals surface area contributed by atoms with Crippen LogP contribution in [0.3, 0.4) is 0 Å². The molecule has 1 N–H and O–H groups in total. The number of nitrogens with one attached hydrogen (secondary N) is 1. The van der Waals surface area contributed by atoms with E-state index in [-0.39, 0.29) is 23.8 Å². The largest absolute Gasteiger partial charge is 0.497 e. The number of aryl methyl sites for hydroxylation is 1. The van der Waals surface area contributed by atoms with Gasteiger partial charge in [0, 0.05) is 12.1 Å². The number of nitrogens with zero attached hydrogens (tertiary/aromatic N) is 1. The predicted octanol–water partition coefficient (Wildman–Crippen LogP) is 3.88. The monoisotopic (exact) mass is 396 g/mol. The summed E-state index contributed by atoms with van der Waals surface area (Å²) >= 11 is 0. The average molecular weight is 397 g/mol. The smallest absolute Gasteiger partial charge is 0.242 e. The van der Waals surface area contributed by atoms with E-state index < -0.39 is 6.04 Å². The number of carbonyl (C=O) groups excluding carboxylic acids is 2. The van der Waals surface area contributed by atoms with Gasteiger partial charge in [-0.2, -0.15) is 0 Å². The molecule has 0 aliphatic carbocycles. The number of rotatable bonds is 7. The minimum atomic E-state index is -0.590. The molecule has 5 nitrogen and oxygen atoms in total. The van der Waals surface area contributed by atoms with Crippen LogP contribution in [0.4, 0.5) is 0 Å². The molecule has 0 fully saturated rings. The van der Waals surface area contributed by atoms with Crippen molar-refractivity contribution in [1.29, 1.82) is 0 Å². The van der Waals surface area contributed by atoms with Crippen LogP contribution in [0.1, 0.15) is 44.4 Å². The lowest BCUT2D eigenvalue weighted by Crippen LogP contribution is -2.52. The van der Waals surface area contributed by atoms with E-state index in [1.54, 1.807) is 18.9 Å². The standard InChI is InChI=1S/C24H32N2O3/c1-17-9-7-8-10-20(17)15-22(27)26(18(2)23(28)25-24(3,4)5)16-19-11-13-21(29-6)14-12-19/h7-14,18H,15-16H2,1-6H3,(H,25,28)/t18-/m0/s1. The van der Waals surface area contributed by atoms with E-state index in [1.807, 2.05) is 76.2 Å². The number of benzene rings is 2. The topological polar surface area (TPSA) is 58.6 Å². The normalized spacial score (nSPS) is 12.2. The summed E-state index contributed by atoms with van der Waals surface area (Å²) in [6.45, 7) is 9.92. The maximum Gasteiger partial charge on any atom is 0.242 e. The molecule has 2 aromatic rings. The van der Waals surface area contributed by atoms with Crippen molar-refractivity contribution < 1.29 is 14.3 Å². The summed E-state index contributed by atoms with van der Waals surface area (Å²) < 4.78 is 5.21. The minimum absolute atomic E-state index is 0.0772. The van der Waals surface area contributed by atoms with Crippen LogP contribution >= 0.6 is 0 Å². The number of amides is 2. The molecular weight excluding hydrogens is 364 g/mol. The van der Waals surface area contributed by atoms with Crippen molar-refractivity contribution in [1.82, 2.24) is 10.2 Å². The highest BCUT2D eigenvalue weighted by atomic mass is 16.5. The Balaban J connectivity index is 2.26. The van der Waals surface area contributed by atoms with E-state index in [9.17, 15) is 9.59 Å². The Bertz CT molecular complexity index is 838. The molecule has 2 rings (SSSR count). The van der Waals surface area contributed by atoms with Crippen molar-refractivity contribution in [3.63, 3.8) is 0 Å². The lowest BCUT2D eigenvalue weighted by molar-refractivity contribution is -0.140. The van der Waals surface area contributed by atoms with Gasteiger partial charge in [-0.25, -0.2) is 0 Å². The van der Waals surface area contributed by atoms with Crippen LogP contribution in [-0.2, 0) is 22.6 Å². The summed E-state index contributed by atoms with van der Waals surface area (Å²) in [5, 5.41) is 2.98. The Morgan fingerprint density at radius 2 is 1.69 bits per heavy atom. The van der Waals surface area contributed by atoms with Crippen molar-refractivity contribution >= 4 is 11.8 Å². The van der Waals surface area contributed by atoms with Crippen molar-refractivity contribution in [3.8, 4) is 5.75 Å². The maximum absolute atomic E-state index is 13.2. The van der Waals surface area contributed by atoms with E-state index in [1.165, 1.54) is 0 Å². The molecule has 1 atom stereocenters. The van der Waals surface area contributed by atoms with Gasteiger partial charge in [0.05, 0.1) is 13.5 Å². The molecule has 0 unspecified atom stereocenters. The van der Waals surface area contributed by atoms with Crippen molar-refractivity contribution in [3.05, 3.63) is 65.2 Å². The SMILES string of the molecule is COc1ccc(CN(C(=O)Cc2ccccc2C)[C@@H](C)C(=O)NC(C)(C)C)cc1. The van der Waals surface area contributed by atoms with E-state index in [0.29, 0.717) is 6.54 Å². The molecule has 2 aromatic carbocycles. The van der Waals surface area contributed by atoms with Crippen LogP contribution in [-0.4, -0.2) is 35.4 Å². The van der Waals surface area contributed by atoms with Crippen LogP contribution in [0.2, 0.25) is 0 Å². The molecule has 0 radical (unpaired) electrons. The van der Waals surface area contributed by atoms with Crippen LogP contribution < -0.4 is 10.1 Å². The van der Waals surface area contributed by atoms with E-state index >= 15 is 0 Å². The third-order valence-electron chi connectivity index (χ3n) is 4.78. The molecule has 0 aliphatic heterocycles. The fourth-order valence-corrected chi connectivity index (χ4v) is 3.06. The maximum atomic E-state index is 13.2. The molecule has 0 aromatic heterocycles. The van der Waals surface area contributed by atoms with Crippen LogP contribution in [0.5, 0.6) is 5.75 Å². The van der Waals surface area contributed by atoms with Gasteiger partial charge >= 0.3 is 0 Å². The van der Waals surface area contributed by atoms with Gasteiger partial charge in [-0.15, -0.1) is 0 Å².